The van der Waals surface area contributed by atoms with E-state index in [2.05, 4.69) is 10.4 Å². The molecule has 0 aliphatic heterocycles. The molecule has 2 aromatic carbocycles. The summed E-state index contributed by atoms with van der Waals surface area (Å²) in [6.07, 6.45) is -9.45. The summed E-state index contributed by atoms with van der Waals surface area (Å²) < 4.78 is 110. The number of amides is 1. The number of sulfonamides is 1. The summed E-state index contributed by atoms with van der Waals surface area (Å²) in [6.45, 7) is 0. The van der Waals surface area contributed by atoms with Crippen LogP contribution in [-0.4, -0.2) is 31.2 Å². The Kier molecular flexibility index (Phi) is 6.75. The predicted octanol–water partition coefficient (Wildman–Crippen LogP) is 4.52. The quantitative estimate of drug-likeness (QED) is 0.464. The van der Waals surface area contributed by atoms with Gasteiger partial charge < -0.3 is 10.1 Å². The number of aromatic nitrogens is 2. The van der Waals surface area contributed by atoms with Crippen molar-refractivity contribution in [2.75, 3.05) is 17.1 Å². The van der Waals surface area contributed by atoms with Gasteiger partial charge in [-0.1, -0.05) is 6.07 Å². The van der Waals surface area contributed by atoms with Crippen LogP contribution in [0, 0.1) is 0 Å². The van der Waals surface area contributed by atoms with Crippen LogP contribution in [0.15, 0.2) is 53.4 Å². The van der Waals surface area contributed by atoms with E-state index in [1.54, 1.807) is 0 Å². The molecule has 35 heavy (non-hydrogen) atoms. The largest absolute Gasteiger partial charge is 0.495 e. The molecule has 2 N–H and O–H groups in total. The van der Waals surface area contributed by atoms with Gasteiger partial charge in [0, 0.05) is 30.6 Å². The highest BCUT2D eigenvalue weighted by atomic mass is 32.2. The van der Waals surface area contributed by atoms with Crippen molar-refractivity contribution in [1.82, 2.24) is 9.78 Å². The third-order valence-electron chi connectivity index (χ3n) is 4.56. The lowest BCUT2D eigenvalue weighted by atomic mass is 10.2. The van der Waals surface area contributed by atoms with E-state index in [4.69, 9.17) is 4.74 Å². The molecule has 3 rings (SSSR count). The van der Waals surface area contributed by atoms with E-state index in [1.807, 2.05) is 4.72 Å². The summed E-state index contributed by atoms with van der Waals surface area (Å²) in [6, 6.07) is 7.30. The second kappa shape index (κ2) is 9.13. The first kappa shape index (κ1) is 25.9. The Balaban J connectivity index is 1.86. The van der Waals surface area contributed by atoms with Crippen molar-refractivity contribution < 1.29 is 44.3 Å². The molecular weight excluding hydrogens is 506 g/mol. The van der Waals surface area contributed by atoms with Gasteiger partial charge in [0.2, 0.25) is 0 Å². The average Bonchev–Trinajstić information content (AvgIpc) is 3.15. The lowest BCUT2D eigenvalue weighted by Crippen LogP contribution is -2.17. The molecule has 8 nitrogen and oxygen atoms in total. The molecule has 0 radical (unpaired) electrons. The number of nitrogens with zero attached hydrogens (tertiary/aromatic N) is 2. The first-order valence-corrected chi connectivity index (χ1v) is 10.9. The molecule has 0 aliphatic carbocycles. The zero-order valence-corrected chi connectivity index (χ0v) is 18.6. The Morgan fingerprint density at radius 1 is 0.971 bits per heavy atom. The molecule has 15 heteroatoms. The number of nitrogens with one attached hydrogen (secondary N) is 2. The van der Waals surface area contributed by atoms with E-state index in [-0.39, 0.29) is 17.1 Å². The Morgan fingerprint density at radius 2 is 1.66 bits per heavy atom. The molecule has 0 saturated carbocycles. The van der Waals surface area contributed by atoms with E-state index in [0.29, 0.717) is 12.1 Å². The van der Waals surface area contributed by atoms with Crippen LogP contribution in [0.25, 0.3) is 0 Å². The number of aryl methyl sites for hydroxylation is 1. The van der Waals surface area contributed by atoms with Gasteiger partial charge in [-0.2, -0.15) is 31.4 Å². The topological polar surface area (TPSA) is 102 Å². The molecule has 0 spiro atoms. The van der Waals surface area contributed by atoms with Crippen molar-refractivity contribution in [3.05, 3.63) is 65.5 Å². The van der Waals surface area contributed by atoms with Crippen LogP contribution in [0.2, 0.25) is 0 Å². The summed E-state index contributed by atoms with van der Waals surface area (Å²) in [5, 5.41) is 5.54. The van der Waals surface area contributed by atoms with E-state index in [9.17, 15) is 39.6 Å². The molecule has 1 heterocycles. The van der Waals surface area contributed by atoms with E-state index in [1.165, 1.54) is 0 Å². The average molecular weight is 522 g/mol. The van der Waals surface area contributed by atoms with Crippen LogP contribution >= 0.6 is 0 Å². The zero-order valence-electron chi connectivity index (χ0n) is 17.8. The Bertz CT molecular complexity index is 1370. The van der Waals surface area contributed by atoms with Crippen LogP contribution in [0.4, 0.5) is 37.7 Å². The normalized spacial score (nSPS) is 12.3. The fraction of sp³-hybridized carbons (Fsp3) is 0.200. The number of carbonyl (C=O) groups excluding carboxylic acids is 1. The molecule has 188 valence electrons. The van der Waals surface area contributed by atoms with Crippen molar-refractivity contribution in [2.24, 2.45) is 7.05 Å². The van der Waals surface area contributed by atoms with E-state index in [0.717, 1.165) is 55.2 Å². The molecule has 0 aliphatic rings. The molecule has 0 saturated heterocycles. The molecule has 0 bridgehead atoms. The number of methoxy groups -OCH3 is 1. The smallest absolute Gasteiger partial charge is 0.435 e. The highest BCUT2D eigenvalue weighted by molar-refractivity contribution is 7.92. The van der Waals surface area contributed by atoms with Crippen molar-refractivity contribution in [2.45, 2.75) is 17.2 Å². The van der Waals surface area contributed by atoms with Crippen LogP contribution in [-0.2, 0) is 29.4 Å². The number of hydrogen-bond donors (Lipinski definition) is 2. The minimum absolute atomic E-state index is 0.0281. The van der Waals surface area contributed by atoms with Gasteiger partial charge in [-0.05, 0) is 30.3 Å². The number of benzene rings is 2. The van der Waals surface area contributed by atoms with Crippen molar-refractivity contribution in [1.29, 1.82) is 0 Å². The van der Waals surface area contributed by atoms with Crippen LogP contribution in [0.5, 0.6) is 5.75 Å². The minimum atomic E-state index is -4.76. The third-order valence-corrected chi connectivity index (χ3v) is 5.98. The Labute approximate surface area is 194 Å². The number of carbonyl (C=O) groups is 1. The van der Waals surface area contributed by atoms with Gasteiger partial charge in [0.05, 0.1) is 12.7 Å². The number of anilines is 2. The number of ether oxygens (including phenoxy) is 1. The van der Waals surface area contributed by atoms with Gasteiger partial charge >= 0.3 is 12.4 Å². The fourth-order valence-corrected chi connectivity index (χ4v) is 4.15. The number of rotatable bonds is 6. The molecule has 0 unspecified atom stereocenters. The van der Waals surface area contributed by atoms with Crippen molar-refractivity contribution >= 4 is 27.3 Å². The number of hydrogen-bond acceptors (Lipinski definition) is 5. The molecular formula is C20H16F6N4O4S. The lowest BCUT2D eigenvalue weighted by Gasteiger charge is -2.14. The summed E-state index contributed by atoms with van der Waals surface area (Å²) >= 11 is 0. The summed E-state index contributed by atoms with van der Waals surface area (Å²) in [5.74, 6) is -1.25. The molecule has 0 fully saturated rings. The summed E-state index contributed by atoms with van der Waals surface area (Å²) in [7, 11) is -2.18. The van der Waals surface area contributed by atoms with Crippen LogP contribution < -0.4 is 14.8 Å². The number of alkyl halides is 6. The second-order valence-corrected chi connectivity index (χ2v) is 8.69. The monoisotopic (exact) mass is 522 g/mol. The van der Waals surface area contributed by atoms with Crippen molar-refractivity contribution in [3.63, 3.8) is 0 Å². The maximum atomic E-state index is 12.9. The fourth-order valence-electron chi connectivity index (χ4n) is 2.95. The maximum Gasteiger partial charge on any atom is 0.435 e. The predicted molar refractivity (Wildman–Crippen MR) is 111 cm³/mol. The highest BCUT2D eigenvalue weighted by Gasteiger charge is 2.35. The highest BCUT2D eigenvalue weighted by Crippen LogP contribution is 2.33. The lowest BCUT2D eigenvalue weighted by molar-refractivity contribution is -0.141. The number of halogens is 6. The third kappa shape index (κ3) is 5.85. The molecule has 0 atom stereocenters. The summed E-state index contributed by atoms with van der Waals surface area (Å²) in [5.41, 5.74) is -3.13. The molecule has 3 aromatic rings. The van der Waals surface area contributed by atoms with Crippen molar-refractivity contribution in [3.8, 4) is 5.75 Å². The van der Waals surface area contributed by atoms with Gasteiger partial charge in [0.15, 0.2) is 5.69 Å². The summed E-state index contributed by atoms with van der Waals surface area (Å²) in [4.78, 5) is 11.9. The van der Waals surface area contributed by atoms with Gasteiger partial charge in [-0.3, -0.25) is 14.2 Å². The zero-order chi connectivity index (χ0) is 26.2. The minimum Gasteiger partial charge on any atom is -0.495 e. The first-order valence-electron chi connectivity index (χ1n) is 9.42. The van der Waals surface area contributed by atoms with E-state index >= 15 is 0 Å². The van der Waals surface area contributed by atoms with Gasteiger partial charge in [-0.15, -0.1) is 0 Å². The Hall–Kier alpha value is -3.75. The maximum absolute atomic E-state index is 12.9. The Morgan fingerprint density at radius 3 is 2.23 bits per heavy atom. The van der Waals surface area contributed by atoms with Crippen LogP contribution in [0.3, 0.4) is 0 Å². The molecule has 1 aromatic heterocycles. The second-order valence-electron chi connectivity index (χ2n) is 7.04. The first-order chi connectivity index (χ1) is 16.1. The standard InChI is InChI=1S/C20H16F6N4O4S/c1-30-14(10-17(28-30)20(24,25)26)18(31)27-12-6-7-16(15(9-12)34-2)35(32,33)29-13-5-3-4-11(8-13)19(21,22)23/h3-10,29H,1-2H3,(H,27,31). The van der Waals surface area contributed by atoms with Gasteiger partial charge in [0.25, 0.3) is 15.9 Å². The van der Waals surface area contributed by atoms with Crippen LogP contribution in [0.1, 0.15) is 21.7 Å². The molecule has 1 amide bonds. The SMILES string of the molecule is COc1cc(NC(=O)c2cc(C(F)(F)F)nn2C)ccc1S(=O)(=O)Nc1cccc(C(F)(F)F)c1. The van der Waals surface area contributed by atoms with Gasteiger partial charge in [-0.25, -0.2) is 8.42 Å². The van der Waals surface area contributed by atoms with E-state index < -0.39 is 50.1 Å². The van der Waals surface area contributed by atoms with Gasteiger partial charge in [0.1, 0.15) is 16.3 Å².